The van der Waals surface area contributed by atoms with Gasteiger partial charge in [-0.15, -0.1) is 10.2 Å². The van der Waals surface area contributed by atoms with Gasteiger partial charge < -0.3 is 9.15 Å². The van der Waals surface area contributed by atoms with Crippen molar-refractivity contribution in [2.75, 3.05) is 0 Å². The van der Waals surface area contributed by atoms with Crippen LogP contribution in [0.2, 0.25) is 10.0 Å². The Morgan fingerprint density at radius 3 is 2.50 bits per heavy atom. The van der Waals surface area contributed by atoms with Gasteiger partial charge in [-0.05, 0) is 18.2 Å². The second kappa shape index (κ2) is 7.08. The lowest BCUT2D eigenvalue weighted by Crippen LogP contribution is -2.05. The largest absolute Gasteiger partial charge is 0.484 e. The highest BCUT2D eigenvalue weighted by molar-refractivity contribution is 6.32. The van der Waals surface area contributed by atoms with Crippen molar-refractivity contribution in [3.63, 3.8) is 0 Å². The Morgan fingerprint density at radius 2 is 1.85 bits per heavy atom. The van der Waals surface area contributed by atoms with Crippen LogP contribution in [-0.2, 0) is 12.8 Å². The molecule has 0 amide bonds. The van der Waals surface area contributed by atoms with Gasteiger partial charge in [0.1, 0.15) is 17.3 Å². The molecule has 0 unspecified atom stereocenters. The highest BCUT2D eigenvalue weighted by Crippen LogP contribution is 2.33. The van der Waals surface area contributed by atoms with Gasteiger partial charge in [-0.3, -0.25) is 0 Å². The molecule has 0 spiro atoms. The predicted octanol–water partition coefficient (Wildman–Crippen LogP) is 5.18. The minimum absolute atomic E-state index is 0.00637. The SMILES string of the molecule is Fc1cc(OCc2nnc(-c3ncc(C(F)(F)F)cc3Cl)o2)ccc1Cl. The number of rotatable bonds is 4. The third-order valence-corrected chi connectivity index (χ3v) is 3.69. The van der Waals surface area contributed by atoms with Crippen molar-refractivity contribution in [1.29, 1.82) is 0 Å². The number of nitrogens with zero attached hydrogens (tertiary/aromatic N) is 3. The molecule has 0 fully saturated rings. The van der Waals surface area contributed by atoms with E-state index < -0.39 is 17.6 Å². The second-order valence-electron chi connectivity index (χ2n) is 4.92. The predicted molar refractivity (Wildman–Crippen MR) is 83.3 cm³/mol. The molecule has 0 saturated heterocycles. The lowest BCUT2D eigenvalue weighted by Gasteiger charge is -2.07. The first-order valence-electron chi connectivity index (χ1n) is 6.87. The molecular weight excluding hydrogens is 401 g/mol. The van der Waals surface area contributed by atoms with Crippen molar-refractivity contribution < 1.29 is 26.7 Å². The lowest BCUT2D eigenvalue weighted by atomic mass is 10.2. The van der Waals surface area contributed by atoms with E-state index in [1.54, 1.807) is 0 Å². The van der Waals surface area contributed by atoms with Gasteiger partial charge in [0.15, 0.2) is 6.61 Å². The number of aromatic nitrogens is 3. The highest BCUT2D eigenvalue weighted by atomic mass is 35.5. The van der Waals surface area contributed by atoms with Crippen LogP contribution in [0.25, 0.3) is 11.6 Å². The molecule has 0 N–H and O–H groups in total. The molecule has 0 radical (unpaired) electrons. The van der Waals surface area contributed by atoms with Crippen molar-refractivity contribution in [2.24, 2.45) is 0 Å². The molecule has 0 aliphatic rings. The van der Waals surface area contributed by atoms with Crippen LogP contribution < -0.4 is 4.74 Å². The fourth-order valence-electron chi connectivity index (χ4n) is 1.87. The van der Waals surface area contributed by atoms with E-state index in [-0.39, 0.29) is 39.9 Å². The molecule has 0 bridgehead atoms. The minimum atomic E-state index is -4.57. The summed E-state index contributed by atoms with van der Waals surface area (Å²) in [5, 5.41) is 6.99. The lowest BCUT2D eigenvalue weighted by molar-refractivity contribution is -0.137. The number of ether oxygens (including phenoxy) is 1. The van der Waals surface area contributed by atoms with Crippen molar-refractivity contribution in [2.45, 2.75) is 12.8 Å². The molecule has 3 aromatic rings. The van der Waals surface area contributed by atoms with Crippen molar-refractivity contribution in [1.82, 2.24) is 15.2 Å². The smallest absolute Gasteiger partial charge is 0.417 e. The average Bonchev–Trinajstić information content (AvgIpc) is 3.03. The normalized spacial score (nSPS) is 11.6. The molecule has 2 heterocycles. The molecule has 0 aliphatic heterocycles. The summed E-state index contributed by atoms with van der Waals surface area (Å²) in [5.74, 6) is -0.661. The third kappa shape index (κ3) is 4.05. The van der Waals surface area contributed by atoms with E-state index in [2.05, 4.69) is 15.2 Å². The average molecular weight is 408 g/mol. The maximum absolute atomic E-state index is 13.3. The van der Waals surface area contributed by atoms with Crippen molar-refractivity contribution >= 4 is 23.2 Å². The summed E-state index contributed by atoms with van der Waals surface area (Å²) >= 11 is 11.4. The first-order chi connectivity index (χ1) is 12.2. The Balaban J connectivity index is 1.74. The molecule has 2 aromatic heterocycles. The molecule has 11 heteroatoms. The summed E-state index contributed by atoms with van der Waals surface area (Å²) in [7, 11) is 0. The standard InChI is InChI=1S/C15H7Cl2F4N3O2/c16-9-2-1-8(4-11(9)18)25-6-12-23-24-14(26-12)13-10(17)3-7(5-22-13)15(19,20)21/h1-5H,6H2. The topological polar surface area (TPSA) is 61.0 Å². The Kier molecular flexibility index (Phi) is 5.01. The van der Waals surface area contributed by atoms with Gasteiger partial charge in [-0.2, -0.15) is 13.2 Å². The highest BCUT2D eigenvalue weighted by Gasteiger charge is 2.32. The van der Waals surface area contributed by atoms with Gasteiger partial charge in [-0.1, -0.05) is 23.2 Å². The van der Waals surface area contributed by atoms with Crippen LogP contribution in [0.4, 0.5) is 17.6 Å². The number of alkyl halides is 3. The Labute approximate surface area is 153 Å². The van der Waals surface area contributed by atoms with E-state index in [1.165, 1.54) is 12.1 Å². The van der Waals surface area contributed by atoms with Gasteiger partial charge in [0, 0.05) is 12.3 Å². The Hall–Kier alpha value is -2.39. The fourth-order valence-corrected chi connectivity index (χ4v) is 2.23. The van der Waals surface area contributed by atoms with Crippen LogP contribution >= 0.6 is 23.2 Å². The molecule has 1 aromatic carbocycles. The first kappa shape index (κ1) is 18.4. The number of hydrogen-bond acceptors (Lipinski definition) is 5. The fraction of sp³-hybridized carbons (Fsp3) is 0.133. The van der Waals surface area contributed by atoms with E-state index in [9.17, 15) is 17.6 Å². The zero-order valence-electron chi connectivity index (χ0n) is 12.5. The zero-order valence-corrected chi connectivity index (χ0v) is 14.0. The second-order valence-corrected chi connectivity index (χ2v) is 5.73. The van der Waals surface area contributed by atoms with Gasteiger partial charge in [-0.25, -0.2) is 9.37 Å². The van der Waals surface area contributed by atoms with E-state index in [1.807, 2.05) is 0 Å². The Morgan fingerprint density at radius 1 is 1.08 bits per heavy atom. The molecule has 0 saturated carbocycles. The maximum Gasteiger partial charge on any atom is 0.417 e. The monoisotopic (exact) mass is 407 g/mol. The summed E-state index contributed by atoms with van der Waals surface area (Å²) < 4.78 is 61.7. The van der Waals surface area contributed by atoms with E-state index in [0.29, 0.717) is 12.3 Å². The van der Waals surface area contributed by atoms with E-state index in [0.717, 1.165) is 6.07 Å². The van der Waals surface area contributed by atoms with Crippen molar-refractivity contribution in [3.05, 3.63) is 57.8 Å². The van der Waals surface area contributed by atoms with Gasteiger partial charge in [0.25, 0.3) is 11.8 Å². The molecule has 0 aliphatic carbocycles. The minimum Gasteiger partial charge on any atom is -0.484 e. The van der Waals surface area contributed by atoms with E-state index in [4.69, 9.17) is 32.4 Å². The summed E-state index contributed by atoms with van der Waals surface area (Å²) in [4.78, 5) is 3.61. The van der Waals surface area contributed by atoms with Crippen LogP contribution in [0.3, 0.4) is 0 Å². The molecule has 136 valence electrons. The quantitative estimate of drug-likeness (QED) is 0.558. The molecular formula is C15H7Cl2F4N3O2. The van der Waals surface area contributed by atoms with Crippen LogP contribution in [0.15, 0.2) is 34.9 Å². The van der Waals surface area contributed by atoms with Crippen LogP contribution in [0.1, 0.15) is 11.5 Å². The van der Waals surface area contributed by atoms with Crippen LogP contribution in [-0.4, -0.2) is 15.2 Å². The Bertz CT molecular complexity index is 947. The molecule has 3 rings (SSSR count). The molecule has 5 nitrogen and oxygen atoms in total. The van der Waals surface area contributed by atoms with E-state index >= 15 is 0 Å². The molecule has 26 heavy (non-hydrogen) atoms. The number of benzene rings is 1. The van der Waals surface area contributed by atoms with Gasteiger partial charge >= 0.3 is 6.18 Å². The van der Waals surface area contributed by atoms with Gasteiger partial charge in [0.2, 0.25) is 0 Å². The number of halogens is 6. The first-order valence-corrected chi connectivity index (χ1v) is 7.63. The van der Waals surface area contributed by atoms with Crippen LogP contribution in [0.5, 0.6) is 5.75 Å². The summed E-state index contributed by atoms with van der Waals surface area (Å²) in [6.07, 6.45) is -3.96. The number of pyridine rings is 1. The maximum atomic E-state index is 13.3. The molecule has 0 atom stereocenters. The summed E-state index contributed by atoms with van der Waals surface area (Å²) in [6.45, 7) is -0.202. The van der Waals surface area contributed by atoms with Crippen molar-refractivity contribution in [3.8, 4) is 17.3 Å². The van der Waals surface area contributed by atoms with Crippen LogP contribution in [0, 0.1) is 5.82 Å². The number of hydrogen-bond donors (Lipinski definition) is 0. The van der Waals surface area contributed by atoms with Gasteiger partial charge in [0.05, 0.1) is 15.6 Å². The zero-order chi connectivity index (χ0) is 18.9. The summed E-state index contributed by atoms with van der Waals surface area (Å²) in [5.41, 5.74) is -1.10. The summed E-state index contributed by atoms with van der Waals surface area (Å²) in [6, 6.07) is 4.54. The third-order valence-electron chi connectivity index (χ3n) is 3.09.